The van der Waals surface area contributed by atoms with Crippen molar-refractivity contribution in [3.05, 3.63) is 22.4 Å². The maximum absolute atomic E-state index is 12.2. The average Bonchev–Trinajstić information content (AvgIpc) is 3.00. The number of thiophene rings is 1. The SMILES string of the molecule is CC(C)[C@@H](C)NC(=O)C1CCN(C(=O)c2ccsc2)CC1. The molecule has 1 atom stereocenters. The summed E-state index contributed by atoms with van der Waals surface area (Å²) in [5.74, 6) is 0.705. The maximum Gasteiger partial charge on any atom is 0.254 e. The van der Waals surface area contributed by atoms with Crippen LogP contribution in [0.2, 0.25) is 0 Å². The highest BCUT2D eigenvalue weighted by Gasteiger charge is 2.28. The number of carbonyl (C=O) groups is 2. The van der Waals surface area contributed by atoms with Crippen molar-refractivity contribution in [3.8, 4) is 0 Å². The summed E-state index contributed by atoms with van der Waals surface area (Å²) in [6.07, 6.45) is 1.51. The van der Waals surface area contributed by atoms with Gasteiger partial charge in [0, 0.05) is 30.4 Å². The van der Waals surface area contributed by atoms with Crippen LogP contribution in [-0.4, -0.2) is 35.8 Å². The Balaban J connectivity index is 1.83. The van der Waals surface area contributed by atoms with Crippen molar-refractivity contribution in [1.29, 1.82) is 0 Å². The van der Waals surface area contributed by atoms with Crippen LogP contribution in [-0.2, 0) is 4.79 Å². The van der Waals surface area contributed by atoms with E-state index < -0.39 is 0 Å². The first-order chi connectivity index (χ1) is 9.99. The fourth-order valence-corrected chi connectivity index (χ4v) is 3.05. The Hall–Kier alpha value is -1.36. The molecule has 1 aliphatic rings. The molecule has 0 aromatic carbocycles. The molecule has 4 nitrogen and oxygen atoms in total. The molecule has 2 rings (SSSR count). The second-order valence-corrected chi connectivity index (χ2v) is 6.90. The first-order valence-electron chi connectivity index (χ1n) is 7.61. The standard InChI is InChI=1S/C16H24N2O2S/c1-11(2)12(3)17-15(19)13-4-7-18(8-5-13)16(20)14-6-9-21-10-14/h6,9-13H,4-5,7-8H2,1-3H3,(H,17,19)/t12-/m1/s1. The molecular formula is C16H24N2O2S. The lowest BCUT2D eigenvalue weighted by molar-refractivity contribution is -0.127. The molecule has 1 aromatic rings. The number of nitrogens with zero attached hydrogens (tertiary/aromatic N) is 1. The molecule has 0 radical (unpaired) electrons. The maximum atomic E-state index is 12.2. The molecule has 116 valence electrons. The zero-order valence-corrected chi connectivity index (χ0v) is 13.8. The molecule has 2 amide bonds. The van der Waals surface area contributed by atoms with E-state index in [9.17, 15) is 9.59 Å². The number of carbonyl (C=O) groups excluding carboxylic acids is 2. The summed E-state index contributed by atoms with van der Waals surface area (Å²) in [5.41, 5.74) is 0.760. The highest BCUT2D eigenvalue weighted by molar-refractivity contribution is 7.08. The van der Waals surface area contributed by atoms with E-state index in [0.717, 1.165) is 18.4 Å². The Morgan fingerprint density at radius 2 is 1.95 bits per heavy atom. The van der Waals surface area contributed by atoms with Crippen molar-refractivity contribution in [2.24, 2.45) is 11.8 Å². The molecule has 1 N–H and O–H groups in total. The Labute approximate surface area is 130 Å². The van der Waals surface area contributed by atoms with Gasteiger partial charge in [-0.15, -0.1) is 0 Å². The average molecular weight is 308 g/mol. The lowest BCUT2D eigenvalue weighted by Gasteiger charge is -2.32. The Morgan fingerprint density at radius 1 is 1.29 bits per heavy atom. The molecule has 0 aliphatic carbocycles. The molecular weight excluding hydrogens is 284 g/mol. The fraction of sp³-hybridized carbons (Fsp3) is 0.625. The molecule has 21 heavy (non-hydrogen) atoms. The minimum Gasteiger partial charge on any atom is -0.353 e. The number of piperidine rings is 1. The van der Waals surface area contributed by atoms with Crippen molar-refractivity contribution < 1.29 is 9.59 Å². The van der Waals surface area contributed by atoms with Gasteiger partial charge in [0.25, 0.3) is 5.91 Å². The van der Waals surface area contributed by atoms with Crippen molar-refractivity contribution in [1.82, 2.24) is 10.2 Å². The van der Waals surface area contributed by atoms with E-state index in [2.05, 4.69) is 19.2 Å². The van der Waals surface area contributed by atoms with Crippen molar-refractivity contribution in [3.63, 3.8) is 0 Å². The van der Waals surface area contributed by atoms with Crippen LogP contribution in [0.15, 0.2) is 16.8 Å². The normalized spacial score (nSPS) is 17.8. The summed E-state index contributed by atoms with van der Waals surface area (Å²) in [6, 6.07) is 2.05. The van der Waals surface area contributed by atoms with Crippen LogP contribution in [0, 0.1) is 11.8 Å². The predicted molar refractivity (Wildman–Crippen MR) is 85.4 cm³/mol. The lowest BCUT2D eigenvalue weighted by Crippen LogP contribution is -2.45. The van der Waals surface area contributed by atoms with E-state index in [1.165, 1.54) is 11.3 Å². The topological polar surface area (TPSA) is 49.4 Å². The second-order valence-electron chi connectivity index (χ2n) is 6.12. The lowest BCUT2D eigenvalue weighted by atomic mass is 9.94. The van der Waals surface area contributed by atoms with Crippen LogP contribution in [0.25, 0.3) is 0 Å². The quantitative estimate of drug-likeness (QED) is 0.930. The summed E-state index contributed by atoms with van der Waals surface area (Å²) in [5, 5.41) is 6.88. The minimum absolute atomic E-state index is 0.0396. The van der Waals surface area contributed by atoms with Gasteiger partial charge < -0.3 is 10.2 Å². The van der Waals surface area contributed by atoms with E-state index in [0.29, 0.717) is 19.0 Å². The number of nitrogens with one attached hydrogen (secondary N) is 1. The number of hydrogen-bond acceptors (Lipinski definition) is 3. The number of hydrogen-bond donors (Lipinski definition) is 1. The van der Waals surface area contributed by atoms with Crippen LogP contribution in [0.3, 0.4) is 0 Å². The molecule has 1 aliphatic heterocycles. The van der Waals surface area contributed by atoms with Crippen LogP contribution in [0.5, 0.6) is 0 Å². The third kappa shape index (κ3) is 4.06. The van der Waals surface area contributed by atoms with Crippen molar-refractivity contribution in [2.45, 2.75) is 39.7 Å². The zero-order chi connectivity index (χ0) is 15.4. The summed E-state index contributed by atoms with van der Waals surface area (Å²) in [7, 11) is 0. The molecule has 2 heterocycles. The Morgan fingerprint density at radius 3 is 2.48 bits per heavy atom. The zero-order valence-electron chi connectivity index (χ0n) is 13.0. The summed E-state index contributed by atoms with van der Waals surface area (Å²) in [4.78, 5) is 26.3. The van der Waals surface area contributed by atoms with E-state index in [1.807, 2.05) is 28.7 Å². The van der Waals surface area contributed by atoms with E-state index in [4.69, 9.17) is 0 Å². The number of rotatable bonds is 4. The molecule has 5 heteroatoms. The molecule has 0 unspecified atom stereocenters. The first kappa shape index (κ1) is 16.0. The van der Waals surface area contributed by atoms with Gasteiger partial charge in [-0.2, -0.15) is 11.3 Å². The van der Waals surface area contributed by atoms with E-state index >= 15 is 0 Å². The molecule has 1 saturated heterocycles. The summed E-state index contributed by atoms with van der Waals surface area (Å²) >= 11 is 1.54. The fourth-order valence-electron chi connectivity index (χ4n) is 2.42. The highest BCUT2D eigenvalue weighted by atomic mass is 32.1. The minimum atomic E-state index is 0.0396. The van der Waals surface area contributed by atoms with E-state index in [-0.39, 0.29) is 23.8 Å². The second kappa shape index (κ2) is 7.07. The van der Waals surface area contributed by atoms with Crippen LogP contribution in [0.4, 0.5) is 0 Å². The van der Waals surface area contributed by atoms with Gasteiger partial charge in [0.15, 0.2) is 0 Å². The van der Waals surface area contributed by atoms with Crippen LogP contribution >= 0.6 is 11.3 Å². The van der Waals surface area contributed by atoms with Gasteiger partial charge in [-0.05, 0) is 37.1 Å². The third-order valence-corrected chi connectivity index (χ3v) is 4.97. The van der Waals surface area contributed by atoms with Gasteiger partial charge >= 0.3 is 0 Å². The van der Waals surface area contributed by atoms with Gasteiger partial charge in [-0.3, -0.25) is 9.59 Å². The van der Waals surface area contributed by atoms with Crippen LogP contribution < -0.4 is 5.32 Å². The first-order valence-corrected chi connectivity index (χ1v) is 8.55. The number of amides is 2. The Kier molecular flexibility index (Phi) is 5.39. The van der Waals surface area contributed by atoms with Gasteiger partial charge in [0.05, 0.1) is 5.56 Å². The van der Waals surface area contributed by atoms with Gasteiger partial charge in [0.2, 0.25) is 5.91 Å². The predicted octanol–water partition coefficient (Wildman–Crippen LogP) is 2.76. The van der Waals surface area contributed by atoms with Gasteiger partial charge in [-0.1, -0.05) is 13.8 Å². The highest BCUT2D eigenvalue weighted by Crippen LogP contribution is 2.20. The van der Waals surface area contributed by atoms with E-state index in [1.54, 1.807) is 0 Å². The molecule has 0 bridgehead atoms. The van der Waals surface area contributed by atoms with Crippen molar-refractivity contribution >= 4 is 23.2 Å². The number of likely N-dealkylation sites (tertiary alicyclic amines) is 1. The molecule has 0 spiro atoms. The largest absolute Gasteiger partial charge is 0.353 e. The van der Waals surface area contributed by atoms with Gasteiger partial charge in [0.1, 0.15) is 0 Å². The Bertz CT molecular complexity index is 476. The van der Waals surface area contributed by atoms with Crippen LogP contribution in [0.1, 0.15) is 44.0 Å². The summed E-state index contributed by atoms with van der Waals surface area (Å²) < 4.78 is 0. The van der Waals surface area contributed by atoms with Crippen molar-refractivity contribution in [2.75, 3.05) is 13.1 Å². The monoisotopic (exact) mass is 308 g/mol. The molecule has 1 fully saturated rings. The van der Waals surface area contributed by atoms with Gasteiger partial charge in [-0.25, -0.2) is 0 Å². The summed E-state index contributed by atoms with van der Waals surface area (Å²) in [6.45, 7) is 7.59. The molecule has 0 saturated carbocycles. The third-order valence-electron chi connectivity index (χ3n) is 4.29. The molecule has 1 aromatic heterocycles. The smallest absolute Gasteiger partial charge is 0.254 e.